The lowest BCUT2D eigenvalue weighted by atomic mass is 10.0. The molecule has 2 amide bonds. The van der Waals surface area contributed by atoms with Crippen LogP contribution in [0.25, 0.3) is 0 Å². The molecule has 1 aromatic heterocycles. The van der Waals surface area contributed by atoms with E-state index in [0.717, 1.165) is 5.56 Å². The van der Waals surface area contributed by atoms with Gasteiger partial charge >= 0.3 is 5.97 Å². The van der Waals surface area contributed by atoms with Gasteiger partial charge in [0.2, 0.25) is 11.8 Å². The molecule has 0 radical (unpaired) electrons. The third kappa shape index (κ3) is 6.51. The van der Waals surface area contributed by atoms with E-state index in [-0.39, 0.29) is 37.3 Å². The Labute approximate surface area is 246 Å². The van der Waals surface area contributed by atoms with E-state index in [4.69, 9.17) is 15.2 Å². The molecule has 2 aromatic carbocycles. The molecule has 2 aliphatic rings. The van der Waals surface area contributed by atoms with E-state index in [2.05, 4.69) is 20.6 Å². The average Bonchev–Trinajstić information content (AvgIpc) is 3.74. The lowest BCUT2D eigenvalue weighted by Crippen LogP contribution is -2.33. The molecule has 0 bridgehead atoms. The lowest BCUT2D eigenvalue weighted by molar-refractivity contribution is -0.145. The fourth-order valence-electron chi connectivity index (χ4n) is 4.89. The predicted molar refractivity (Wildman–Crippen MR) is 154 cm³/mol. The van der Waals surface area contributed by atoms with Crippen molar-refractivity contribution in [2.24, 2.45) is 0 Å². The smallest absolute Gasteiger partial charge is 0.325 e. The molecule has 3 heterocycles. The van der Waals surface area contributed by atoms with Gasteiger partial charge in [-0.2, -0.15) is 4.98 Å². The Morgan fingerprint density at radius 1 is 1.12 bits per heavy atom. The second kappa shape index (κ2) is 12.4. The molecule has 222 valence electrons. The fraction of sp³-hybridized carbons (Fsp3) is 0.300. The van der Waals surface area contributed by atoms with Gasteiger partial charge in [0.05, 0.1) is 24.4 Å². The van der Waals surface area contributed by atoms with Crippen molar-refractivity contribution in [2.45, 2.75) is 44.4 Å². The maximum atomic E-state index is 13.1. The second-order valence-electron chi connectivity index (χ2n) is 10.3. The molecule has 2 aliphatic heterocycles. The highest BCUT2D eigenvalue weighted by molar-refractivity contribution is 6.12. The van der Waals surface area contributed by atoms with E-state index < -0.39 is 17.6 Å². The molecule has 1 fully saturated rings. The first-order valence-electron chi connectivity index (χ1n) is 13.6. The highest BCUT2D eigenvalue weighted by Crippen LogP contribution is 2.32. The van der Waals surface area contributed by atoms with Crippen LogP contribution in [0.1, 0.15) is 40.0 Å². The Bertz CT molecular complexity index is 1560. The molecular weight excluding hydrogens is 556 g/mol. The number of anilines is 3. The maximum absolute atomic E-state index is 13.1. The number of amides is 2. The molecule has 3 aromatic rings. The van der Waals surface area contributed by atoms with Crippen molar-refractivity contribution < 1.29 is 33.4 Å². The first-order valence-corrected chi connectivity index (χ1v) is 13.6. The number of carbonyl (C=O) groups is 5. The number of aldehydes is 2. The molecule has 1 saturated heterocycles. The molecule has 0 aliphatic carbocycles. The summed E-state index contributed by atoms with van der Waals surface area (Å²) >= 11 is 0. The minimum atomic E-state index is -1.19. The molecule has 2 atom stereocenters. The molecular formula is C30H30N6O7. The standard InChI is InChI=1S/C30H30N6O7/c1-18-13-24(34-29(31)33-18)42-12-2-3-19-6-9-23-22(14-19)27(40)32-15-25(39)36(23)21-7-4-20(5-8-21)16-43-28(41)26-30(17-38,35-26)10-11-37/h4-9,11,13-14,17,26,35H,2-3,10,12,15-16H2,1H3,(H,32,40)(H2,31,33,34). The van der Waals surface area contributed by atoms with Crippen LogP contribution in [0.5, 0.6) is 5.88 Å². The number of nitrogens with zero attached hydrogens (tertiary/aromatic N) is 3. The monoisotopic (exact) mass is 586 g/mol. The van der Waals surface area contributed by atoms with Crippen LogP contribution in [0.2, 0.25) is 0 Å². The van der Waals surface area contributed by atoms with E-state index in [1.165, 1.54) is 4.90 Å². The quantitative estimate of drug-likeness (QED) is 0.120. The number of nitrogens with one attached hydrogen (secondary N) is 2. The number of benzene rings is 2. The summed E-state index contributed by atoms with van der Waals surface area (Å²) in [5, 5.41) is 5.37. The number of fused-ring (bicyclic) bond motifs is 1. The van der Waals surface area contributed by atoms with Crippen LogP contribution in [-0.4, -0.2) is 65.1 Å². The zero-order valence-corrected chi connectivity index (χ0v) is 23.4. The number of aromatic nitrogens is 2. The van der Waals surface area contributed by atoms with Crippen molar-refractivity contribution in [3.8, 4) is 5.88 Å². The third-order valence-electron chi connectivity index (χ3n) is 7.19. The van der Waals surface area contributed by atoms with Gasteiger partial charge in [0.15, 0.2) is 0 Å². The Balaban J connectivity index is 1.23. The minimum absolute atomic E-state index is 0.0603. The van der Waals surface area contributed by atoms with Crippen LogP contribution in [0.3, 0.4) is 0 Å². The first kappa shape index (κ1) is 29.3. The summed E-state index contributed by atoms with van der Waals surface area (Å²) in [6, 6.07) is 13.0. The second-order valence-corrected chi connectivity index (χ2v) is 10.3. The van der Waals surface area contributed by atoms with Crippen LogP contribution in [0.4, 0.5) is 17.3 Å². The third-order valence-corrected chi connectivity index (χ3v) is 7.19. The molecule has 4 N–H and O–H groups in total. The normalized spacial score (nSPS) is 19.1. The largest absolute Gasteiger partial charge is 0.478 e. The van der Waals surface area contributed by atoms with Crippen molar-refractivity contribution in [2.75, 3.05) is 23.8 Å². The number of hydrogen-bond acceptors (Lipinski definition) is 11. The topological polar surface area (TPSA) is 193 Å². The van der Waals surface area contributed by atoms with Crippen molar-refractivity contribution in [3.63, 3.8) is 0 Å². The SMILES string of the molecule is Cc1cc(OCCCc2ccc3c(c2)C(=O)NCC(=O)N3c2ccc(COC(=O)C3NC3(C=O)CC=O)cc2)nc(N)n1. The van der Waals surface area contributed by atoms with Crippen LogP contribution in [0.15, 0.2) is 48.5 Å². The summed E-state index contributed by atoms with van der Waals surface area (Å²) in [7, 11) is 0. The van der Waals surface area contributed by atoms with Crippen molar-refractivity contribution in [1.82, 2.24) is 20.6 Å². The number of ether oxygens (including phenoxy) is 2. The molecule has 2 unspecified atom stereocenters. The predicted octanol–water partition coefficient (Wildman–Crippen LogP) is 1.33. The van der Waals surface area contributed by atoms with E-state index in [0.29, 0.717) is 66.1 Å². The summed E-state index contributed by atoms with van der Waals surface area (Å²) in [6.45, 7) is 1.96. The highest BCUT2D eigenvalue weighted by Gasteiger charge is 2.59. The van der Waals surface area contributed by atoms with Crippen molar-refractivity contribution >= 4 is 47.7 Å². The van der Waals surface area contributed by atoms with Gasteiger partial charge in [-0.25, -0.2) is 4.98 Å². The van der Waals surface area contributed by atoms with Gasteiger partial charge in [0.1, 0.15) is 30.8 Å². The number of nitrogen functional groups attached to an aromatic ring is 1. The zero-order valence-electron chi connectivity index (χ0n) is 23.4. The van der Waals surface area contributed by atoms with Crippen LogP contribution in [0, 0.1) is 6.92 Å². The summed E-state index contributed by atoms with van der Waals surface area (Å²) in [5.74, 6) is -0.746. The van der Waals surface area contributed by atoms with Gasteiger partial charge in [-0.05, 0) is 55.2 Å². The van der Waals surface area contributed by atoms with Gasteiger partial charge in [-0.1, -0.05) is 18.2 Å². The fourth-order valence-corrected chi connectivity index (χ4v) is 4.89. The Morgan fingerprint density at radius 2 is 1.88 bits per heavy atom. The first-order chi connectivity index (χ1) is 20.7. The Hall–Kier alpha value is -5.17. The average molecular weight is 587 g/mol. The highest BCUT2D eigenvalue weighted by atomic mass is 16.5. The van der Waals surface area contributed by atoms with Crippen LogP contribution in [-0.2, 0) is 36.9 Å². The zero-order chi connectivity index (χ0) is 30.6. The van der Waals surface area contributed by atoms with Gasteiger partial charge in [-0.15, -0.1) is 0 Å². The summed E-state index contributed by atoms with van der Waals surface area (Å²) in [6.07, 6.45) is 2.30. The molecule has 13 heteroatoms. The maximum Gasteiger partial charge on any atom is 0.325 e. The number of carbonyl (C=O) groups excluding carboxylic acids is 5. The number of hydrogen-bond donors (Lipinski definition) is 3. The number of rotatable bonds is 12. The number of aryl methyl sites for hydroxylation is 2. The van der Waals surface area contributed by atoms with Crippen molar-refractivity contribution in [1.29, 1.82) is 0 Å². The summed E-state index contributed by atoms with van der Waals surface area (Å²) < 4.78 is 11.0. The summed E-state index contributed by atoms with van der Waals surface area (Å²) in [4.78, 5) is 69.9. The molecule has 43 heavy (non-hydrogen) atoms. The van der Waals surface area contributed by atoms with E-state index in [1.807, 2.05) is 6.07 Å². The van der Waals surface area contributed by atoms with Gasteiger partial charge in [0, 0.05) is 23.9 Å². The molecule has 5 rings (SSSR count). The van der Waals surface area contributed by atoms with E-state index in [1.54, 1.807) is 49.4 Å². The number of esters is 1. The summed E-state index contributed by atoms with van der Waals surface area (Å²) in [5.41, 5.74) is 8.10. The molecule has 0 spiro atoms. The molecule has 0 saturated carbocycles. The minimum Gasteiger partial charge on any atom is -0.478 e. The van der Waals surface area contributed by atoms with Gasteiger partial charge in [0.25, 0.3) is 11.8 Å². The van der Waals surface area contributed by atoms with Crippen LogP contribution < -0.4 is 26.0 Å². The van der Waals surface area contributed by atoms with E-state index in [9.17, 15) is 24.0 Å². The van der Waals surface area contributed by atoms with E-state index >= 15 is 0 Å². The molecule has 13 nitrogen and oxygen atoms in total. The van der Waals surface area contributed by atoms with Gasteiger partial charge < -0.3 is 30.1 Å². The number of nitrogens with two attached hydrogens (primary N) is 1. The van der Waals surface area contributed by atoms with Crippen molar-refractivity contribution in [3.05, 3.63) is 70.9 Å². The Morgan fingerprint density at radius 3 is 2.60 bits per heavy atom. The Kier molecular flexibility index (Phi) is 8.44. The van der Waals surface area contributed by atoms with Gasteiger partial charge in [-0.3, -0.25) is 24.6 Å². The van der Waals surface area contributed by atoms with Crippen LogP contribution >= 0.6 is 0 Å². The lowest BCUT2D eigenvalue weighted by Gasteiger charge is -2.23.